The third-order valence-corrected chi connectivity index (χ3v) is 7.76. The van der Waals surface area contributed by atoms with Crippen LogP contribution < -0.4 is 10.2 Å². The summed E-state index contributed by atoms with van der Waals surface area (Å²) in [4.78, 5) is 20.1. The summed E-state index contributed by atoms with van der Waals surface area (Å²) in [5, 5.41) is 3.08. The molecule has 1 aromatic carbocycles. The molecule has 3 aromatic rings. The van der Waals surface area contributed by atoms with Crippen LogP contribution in [0.25, 0.3) is 11.3 Å². The molecule has 0 aliphatic carbocycles. The highest BCUT2D eigenvalue weighted by molar-refractivity contribution is 5.71. The quantitative estimate of drug-likeness (QED) is 0.350. The number of rotatable bonds is 7. The summed E-state index contributed by atoms with van der Waals surface area (Å²) < 4.78 is 30.3. The van der Waals surface area contributed by atoms with E-state index < -0.39 is 5.82 Å². The van der Waals surface area contributed by atoms with Crippen LogP contribution in [0.4, 0.5) is 26.2 Å². The maximum Gasteiger partial charge on any atom is 0.229 e. The second-order valence-electron chi connectivity index (χ2n) is 11.8. The highest BCUT2D eigenvalue weighted by Crippen LogP contribution is 2.41. The van der Waals surface area contributed by atoms with Crippen LogP contribution in [0.1, 0.15) is 59.6 Å². The predicted octanol–water partition coefficient (Wildman–Crippen LogP) is 6.52. The molecule has 0 bridgehead atoms. The van der Waals surface area contributed by atoms with Crippen molar-refractivity contribution in [2.75, 3.05) is 49.5 Å². The van der Waals surface area contributed by atoms with Gasteiger partial charge in [-0.15, -0.1) is 0 Å². The third kappa shape index (κ3) is 7.38. The van der Waals surface area contributed by atoms with Gasteiger partial charge in [-0.05, 0) is 56.0 Å². The number of fused-ring (bicyclic) bond motifs is 1. The number of hydrogen-bond acceptors (Lipinski definition) is 7. The van der Waals surface area contributed by atoms with E-state index >= 15 is 4.39 Å². The summed E-state index contributed by atoms with van der Waals surface area (Å²) in [6.45, 7) is 21.7. The van der Waals surface area contributed by atoms with Crippen LogP contribution in [0.3, 0.4) is 0 Å². The van der Waals surface area contributed by atoms with Gasteiger partial charge in [0.05, 0.1) is 6.20 Å². The molecule has 222 valence electrons. The molecule has 2 aromatic heterocycles. The Morgan fingerprint density at radius 1 is 0.951 bits per heavy atom. The van der Waals surface area contributed by atoms with E-state index in [9.17, 15) is 4.39 Å². The van der Waals surface area contributed by atoms with Gasteiger partial charge in [-0.1, -0.05) is 40.7 Å². The molecule has 41 heavy (non-hydrogen) atoms. The third-order valence-electron chi connectivity index (χ3n) is 7.76. The molecular weight excluding hydrogens is 520 g/mol. The lowest BCUT2D eigenvalue weighted by atomic mass is 9.80. The van der Waals surface area contributed by atoms with Crippen molar-refractivity contribution in [3.8, 4) is 11.3 Å². The highest BCUT2D eigenvalue weighted by Gasteiger charge is 2.34. The Labute approximate surface area is 244 Å². The number of likely N-dealkylation sites (N-methyl/N-ethyl adjacent to an activating group) is 1. The molecular formula is C32H45F2N7. The zero-order valence-corrected chi connectivity index (χ0v) is 25.6. The molecule has 0 saturated carbocycles. The van der Waals surface area contributed by atoms with Gasteiger partial charge in [0.2, 0.25) is 5.95 Å². The fraction of sp³-hybridized carbons (Fsp3) is 0.531. The van der Waals surface area contributed by atoms with Gasteiger partial charge < -0.3 is 15.1 Å². The smallest absolute Gasteiger partial charge is 0.229 e. The van der Waals surface area contributed by atoms with Crippen molar-refractivity contribution in [3.63, 3.8) is 0 Å². The van der Waals surface area contributed by atoms with E-state index in [0.29, 0.717) is 23.4 Å². The van der Waals surface area contributed by atoms with Gasteiger partial charge in [0.1, 0.15) is 17.3 Å². The van der Waals surface area contributed by atoms with E-state index in [1.165, 1.54) is 6.07 Å². The Morgan fingerprint density at radius 2 is 1.66 bits per heavy atom. The SMILES string of the molecule is CC.CCN1CCN(Cc2ccc(Nc3ncc(F)c(-c4cc(F)c5c(c4)N(C(C)C)CC(C)(C)C5)n3)nc2)CC1. The average molecular weight is 566 g/mol. The van der Waals surface area contributed by atoms with Crippen LogP contribution in [-0.4, -0.2) is 70.1 Å². The number of halogens is 2. The second-order valence-corrected chi connectivity index (χ2v) is 11.8. The topological polar surface area (TPSA) is 60.4 Å². The first-order valence-corrected chi connectivity index (χ1v) is 14.9. The molecule has 0 radical (unpaired) electrons. The minimum absolute atomic E-state index is 0.0521. The Bertz CT molecular complexity index is 1300. The number of nitrogens with one attached hydrogen (secondary N) is 1. The Balaban J connectivity index is 0.00000189. The van der Waals surface area contributed by atoms with Crippen molar-refractivity contribution in [1.82, 2.24) is 24.8 Å². The molecule has 4 heterocycles. The maximum atomic E-state index is 15.4. The highest BCUT2D eigenvalue weighted by atomic mass is 19.1. The number of nitrogens with zero attached hydrogens (tertiary/aromatic N) is 6. The molecule has 2 aliphatic rings. The van der Waals surface area contributed by atoms with Crippen LogP contribution >= 0.6 is 0 Å². The summed E-state index contributed by atoms with van der Waals surface area (Å²) in [7, 11) is 0. The van der Waals surface area contributed by atoms with Crippen LogP contribution in [0.2, 0.25) is 0 Å². The standard InChI is InChI=1S/C30H39F2N7.C2H6/c1-6-37-9-11-38(12-10-37)18-21-7-8-27(33-16-21)35-29-34-17-25(32)28(36-29)22-13-24(31)23-15-30(4,5)19-39(20(2)3)26(23)14-22;1-2/h7-8,13-14,16-17,20H,6,9-12,15,18-19H2,1-5H3,(H,33,34,35,36);1-2H3. The van der Waals surface area contributed by atoms with Gasteiger partial charge in [-0.3, -0.25) is 4.90 Å². The van der Waals surface area contributed by atoms with E-state index in [-0.39, 0.29) is 28.9 Å². The van der Waals surface area contributed by atoms with E-state index in [4.69, 9.17) is 0 Å². The van der Waals surface area contributed by atoms with E-state index in [1.54, 1.807) is 0 Å². The van der Waals surface area contributed by atoms with Gasteiger partial charge in [0.25, 0.3) is 0 Å². The average Bonchev–Trinajstić information content (AvgIpc) is 2.96. The van der Waals surface area contributed by atoms with Gasteiger partial charge >= 0.3 is 0 Å². The van der Waals surface area contributed by atoms with Crippen molar-refractivity contribution in [1.29, 1.82) is 0 Å². The molecule has 1 saturated heterocycles. The number of pyridine rings is 1. The molecule has 1 fully saturated rings. The molecule has 5 rings (SSSR count). The summed E-state index contributed by atoms with van der Waals surface area (Å²) in [5.41, 5.74) is 3.02. The molecule has 0 atom stereocenters. The monoisotopic (exact) mass is 565 g/mol. The number of aromatic nitrogens is 3. The van der Waals surface area contributed by atoms with Crippen molar-refractivity contribution < 1.29 is 8.78 Å². The Hall–Kier alpha value is -3.17. The first-order valence-electron chi connectivity index (χ1n) is 14.9. The van der Waals surface area contributed by atoms with E-state index in [2.05, 4.69) is 69.6 Å². The predicted molar refractivity (Wildman–Crippen MR) is 164 cm³/mol. The van der Waals surface area contributed by atoms with Crippen LogP contribution in [0.15, 0.2) is 36.7 Å². The Kier molecular flexibility index (Phi) is 9.92. The summed E-state index contributed by atoms with van der Waals surface area (Å²) in [6.07, 6.45) is 3.60. The molecule has 9 heteroatoms. The fourth-order valence-electron chi connectivity index (χ4n) is 5.59. The lowest BCUT2D eigenvalue weighted by Crippen LogP contribution is -2.45. The molecule has 0 amide bonds. The van der Waals surface area contributed by atoms with Gasteiger partial charge in [0, 0.05) is 68.3 Å². The lowest BCUT2D eigenvalue weighted by Gasteiger charge is -2.43. The summed E-state index contributed by atoms with van der Waals surface area (Å²) in [6, 6.07) is 7.34. The van der Waals surface area contributed by atoms with Gasteiger partial charge in [0.15, 0.2) is 5.82 Å². The molecule has 0 unspecified atom stereocenters. The van der Waals surface area contributed by atoms with Crippen molar-refractivity contribution in [2.45, 2.75) is 67.5 Å². The number of piperazine rings is 1. The summed E-state index contributed by atoms with van der Waals surface area (Å²) >= 11 is 0. The number of anilines is 3. The Morgan fingerprint density at radius 3 is 2.29 bits per heavy atom. The molecule has 7 nitrogen and oxygen atoms in total. The van der Waals surface area contributed by atoms with Crippen molar-refractivity contribution >= 4 is 17.5 Å². The maximum absolute atomic E-state index is 15.4. The summed E-state index contributed by atoms with van der Waals surface area (Å²) in [5.74, 6) is -0.153. The van der Waals surface area contributed by atoms with Crippen molar-refractivity contribution in [3.05, 3.63) is 59.4 Å². The van der Waals surface area contributed by atoms with E-state index in [1.807, 2.05) is 38.2 Å². The van der Waals surface area contributed by atoms with Crippen LogP contribution in [-0.2, 0) is 13.0 Å². The molecule has 2 aliphatic heterocycles. The zero-order chi connectivity index (χ0) is 29.7. The molecule has 0 spiro atoms. The normalized spacial score (nSPS) is 17.2. The number of hydrogen-bond donors (Lipinski definition) is 1. The van der Waals surface area contributed by atoms with E-state index in [0.717, 1.165) is 63.3 Å². The largest absolute Gasteiger partial charge is 0.368 e. The van der Waals surface area contributed by atoms with Crippen LogP contribution in [0.5, 0.6) is 0 Å². The van der Waals surface area contributed by atoms with Gasteiger partial charge in [-0.25, -0.2) is 23.7 Å². The second kappa shape index (κ2) is 13.2. The first kappa shape index (κ1) is 30.8. The molecule has 1 N–H and O–H groups in total. The minimum Gasteiger partial charge on any atom is -0.368 e. The van der Waals surface area contributed by atoms with Crippen molar-refractivity contribution in [2.24, 2.45) is 5.41 Å². The van der Waals surface area contributed by atoms with Gasteiger partial charge in [-0.2, -0.15) is 0 Å². The fourth-order valence-corrected chi connectivity index (χ4v) is 5.59. The zero-order valence-electron chi connectivity index (χ0n) is 25.6. The first-order chi connectivity index (χ1) is 19.6. The minimum atomic E-state index is -0.599. The lowest BCUT2D eigenvalue weighted by molar-refractivity contribution is 0.132. The van der Waals surface area contributed by atoms with Crippen LogP contribution in [0, 0.1) is 17.0 Å². The number of benzene rings is 1.